The minimum atomic E-state index is -2.55. The molecular formula is C16H19F2NO. The monoisotopic (exact) mass is 279 g/mol. The molecule has 4 unspecified atom stereocenters. The maximum atomic E-state index is 13.4. The lowest BCUT2D eigenvalue weighted by Gasteiger charge is -2.19. The lowest BCUT2D eigenvalue weighted by Crippen LogP contribution is -2.39. The zero-order chi connectivity index (χ0) is 14.5. The molecule has 0 aromatic heterocycles. The zero-order valence-electron chi connectivity index (χ0n) is 11.7. The summed E-state index contributed by atoms with van der Waals surface area (Å²) in [6, 6.07) is 7.40. The van der Waals surface area contributed by atoms with E-state index in [0.717, 1.165) is 11.1 Å². The van der Waals surface area contributed by atoms with Crippen molar-refractivity contribution in [2.75, 3.05) is 0 Å². The van der Waals surface area contributed by atoms with E-state index < -0.39 is 17.8 Å². The van der Waals surface area contributed by atoms with Crippen LogP contribution in [0.3, 0.4) is 0 Å². The number of benzene rings is 1. The van der Waals surface area contributed by atoms with Crippen molar-refractivity contribution in [2.45, 2.75) is 44.6 Å². The number of nitrogens with one attached hydrogen (secondary N) is 1. The molecule has 2 fully saturated rings. The van der Waals surface area contributed by atoms with Crippen molar-refractivity contribution in [1.29, 1.82) is 0 Å². The van der Waals surface area contributed by atoms with Crippen LogP contribution >= 0.6 is 0 Å². The number of hydrogen-bond acceptors (Lipinski definition) is 1. The molecule has 108 valence electrons. The van der Waals surface area contributed by atoms with E-state index in [1.165, 1.54) is 0 Å². The van der Waals surface area contributed by atoms with Crippen LogP contribution in [-0.4, -0.2) is 17.9 Å². The summed E-state index contributed by atoms with van der Waals surface area (Å²) in [7, 11) is 0. The average Bonchev–Trinajstić information content (AvgIpc) is 2.74. The summed E-state index contributed by atoms with van der Waals surface area (Å²) in [5, 5.41) is 2.82. The molecule has 4 heteroatoms. The molecule has 20 heavy (non-hydrogen) atoms. The van der Waals surface area contributed by atoms with Gasteiger partial charge in [0.1, 0.15) is 0 Å². The first-order chi connectivity index (χ1) is 9.41. The van der Waals surface area contributed by atoms with Crippen molar-refractivity contribution in [3.63, 3.8) is 0 Å². The van der Waals surface area contributed by atoms with E-state index in [1.807, 2.05) is 38.1 Å². The Balaban J connectivity index is 1.65. The third-order valence-corrected chi connectivity index (χ3v) is 4.75. The highest BCUT2D eigenvalue weighted by molar-refractivity contribution is 5.83. The van der Waals surface area contributed by atoms with Crippen molar-refractivity contribution in [3.8, 4) is 0 Å². The van der Waals surface area contributed by atoms with Gasteiger partial charge in [-0.3, -0.25) is 4.79 Å². The Hall–Kier alpha value is -1.45. The summed E-state index contributed by atoms with van der Waals surface area (Å²) in [6.07, 6.45) is 1.21. The van der Waals surface area contributed by atoms with E-state index >= 15 is 0 Å². The van der Waals surface area contributed by atoms with E-state index in [0.29, 0.717) is 12.8 Å². The number of aryl methyl sites for hydroxylation is 1. The van der Waals surface area contributed by atoms with Gasteiger partial charge in [-0.25, -0.2) is 8.78 Å². The molecule has 3 rings (SSSR count). The van der Waals surface area contributed by atoms with Crippen molar-refractivity contribution >= 4 is 5.91 Å². The van der Waals surface area contributed by atoms with Gasteiger partial charge in [0.15, 0.2) is 0 Å². The van der Waals surface area contributed by atoms with Gasteiger partial charge in [0, 0.05) is 12.0 Å². The zero-order valence-corrected chi connectivity index (χ0v) is 11.7. The van der Waals surface area contributed by atoms with Gasteiger partial charge in [-0.15, -0.1) is 0 Å². The number of hydrogen-bond donors (Lipinski definition) is 1. The fraction of sp³-hybridized carbons (Fsp3) is 0.562. The molecule has 1 amide bonds. The van der Waals surface area contributed by atoms with Gasteiger partial charge < -0.3 is 5.32 Å². The van der Waals surface area contributed by atoms with E-state index in [4.69, 9.17) is 0 Å². The number of carbonyl (C=O) groups is 1. The maximum absolute atomic E-state index is 13.4. The number of alkyl halides is 2. The normalized spacial score (nSPS) is 31.5. The minimum absolute atomic E-state index is 0.149. The number of halogens is 2. The van der Waals surface area contributed by atoms with E-state index in [1.54, 1.807) is 0 Å². The highest BCUT2D eigenvalue weighted by atomic mass is 19.3. The van der Waals surface area contributed by atoms with Crippen LogP contribution in [0.1, 0.15) is 36.8 Å². The van der Waals surface area contributed by atoms with Gasteiger partial charge in [-0.05, 0) is 32.3 Å². The molecule has 2 saturated carbocycles. The number of carbonyl (C=O) groups excluding carboxylic acids is 1. The molecule has 2 nitrogen and oxygen atoms in total. The summed E-state index contributed by atoms with van der Waals surface area (Å²) >= 11 is 0. The number of amides is 1. The SMILES string of the molecule is Cc1cccc(C(C)C(=O)NC2CCC3C2C3(F)F)c1. The summed E-state index contributed by atoms with van der Waals surface area (Å²) < 4.78 is 26.7. The molecule has 0 heterocycles. The smallest absolute Gasteiger partial charge is 0.256 e. The summed E-state index contributed by atoms with van der Waals surface area (Å²) in [6.45, 7) is 3.79. The summed E-state index contributed by atoms with van der Waals surface area (Å²) in [5.41, 5.74) is 2.02. The predicted molar refractivity (Wildman–Crippen MR) is 72.7 cm³/mol. The van der Waals surface area contributed by atoms with Crippen LogP contribution in [-0.2, 0) is 4.79 Å². The molecule has 0 saturated heterocycles. The molecule has 2 aliphatic carbocycles. The van der Waals surface area contributed by atoms with Gasteiger partial charge in [0.2, 0.25) is 5.91 Å². The Labute approximate surface area is 117 Å². The first kappa shape index (κ1) is 13.5. The van der Waals surface area contributed by atoms with Crippen LogP contribution in [0.2, 0.25) is 0 Å². The first-order valence-electron chi connectivity index (χ1n) is 7.16. The Kier molecular flexibility index (Phi) is 3.07. The average molecular weight is 279 g/mol. The first-order valence-corrected chi connectivity index (χ1v) is 7.16. The molecule has 0 bridgehead atoms. The molecule has 0 radical (unpaired) electrons. The highest BCUT2D eigenvalue weighted by Crippen LogP contribution is 2.64. The van der Waals surface area contributed by atoms with E-state index in [-0.39, 0.29) is 17.9 Å². The van der Waals surface area contributed by atoms with Crippen molar-refractivity contribution < 1.29 is 13.6 Å². The molecule has 1 aromatic carbocycles. The summed E-state index contributed by atoms with van der Waals surface area (Å²) in [4.78, 5) is 12.2. The van der Waals surface area contributed by atoms with Gasteiger partial charge in [-0.1, -0.05) is 29.8 Å². The van der Waals surface area contributed by atoms with Crippen LogP contribution in [0.5, 0.6) is 0 Å². The van der Waals surface area contributed by atoms with E-state index in [9.17, 15) is 13.6 Å². The van der Waals surface area contributed by atoms with Crippen LogP contribution in [0.15, 0.2) is 24.3 Å². The van der Waals surface area contributed by atoms with Gasteiger partial charge >= 0.3 is 0 Å². The Bertz CT molecular complexity index is 543. The Morgan fingerprint density at radius 2 is 2.15 bits per heavy atom. The van der Waals surface area contributed by atoms with Gasteiger partial charge in [-0.2, -0.15) is 0 Å². The summed E-state index contributed by atoms with van der Waals surface area (Å²) in [5.74, 6) is -4.13. The number of fused-ring (bicyclic) bond motifs is 1. The fourth-order valence-corrected chi connectivity index (χ4v) is 3.44. The minimum Gasteiger partial charge on any atom is -0.352 e. The second kappa shape index (κ2) is 4.54. The lowest BCUT2D eigenvalue weighted by molar-refractivity contribution is -0.123. The van der Waals surface area contributed by atoms with Crippen molar-refractivity contribution in [3.05, 3.63) is 35.4 Å². The van der Waals surface area contributed by atoms with Crippen LogP contribution in [0, 0.1) is 18.8 Å². The molecule has 1 N–H and O–H groups in total. The largest absolute Gasteiger partial charge is 0.352 e. The predicted octanol–water partition coefficient (Wildman–Crippen LogP) is 3.26. The van der Waals surface area contributed by atoms with E-state index in [2.05, 4.69) is 5.32 Å². The van der Waals surface area contributed by atoms with Crippen LogP contribution in [0.25, 0.3) is 0 Å². The molecule has 0 spiro atoms. The second-order valence-electron chi connectivity index (χ2n) is 6.14. The Morgan fingerprint density at radius 3 is 2.75 bits per heavy atom. The highest BCUT2D eigenvalue weighted by Gasteiger charge is 2.73. The molecular weight excluding hydrogens is 260 g/mol. The number of rotatable bonds is 3. The lowest BCUT2D eigenvalue weighted by atomic mass is 9.98. The molecule has 2 aliphatic rings. The van der Waals surface area contributed by atoms with Crippen LogP contribution < -0.4 is 5.32 Å². The van der Waals surface area contributed by atoms with Crippen LogP contribution in [0.4, 0.5) is 8.78 Å². The molecule has 1 aromatic rings. The quantitative estimate of drug-likeness (QED) is 0.904. The fourth-order valence-electron chi connectivity index (χ4n) is 3.44. The second-order valence-corrected chi connectivity index (χ2v) is 6.14. The van der Waals surface area contributed by atoms with Gasteiger partial charge in [0.25, 0.3) is 5.92 Å². The topological polar surface area (TPSA) is 29.1 Å². The van der Waals surface area contributed by atoms with Gasteiger partial charge in [0.05, 0.1) is 11.8 Å². The van der Waals surface area contributed by atoms with Crippen molar-refractivity contribution in [1.82, 2.24) is 5.32 Å². The third kappa shape index (κ3) is 2.11. The van der Waals surface area contributed by atoms with Crippen molar-refractivity contribution in [2.24, 2.45) is 11.8 Å². The third-order valence-electron chi connectivity index (χ3n) is 4.75. The Morgan fingerprint density at radius 1 is 1.40 bits per heavy atom. The molecule has 4 atom stereocenters. The maximum Gasteiger partial charge on any atom is 0.256 e. The standard InChI is InChI=1S/C16H19F2NO/c1-9-4-3-5-11(8-9)10(2)15(20)19-13-7-6-12-14(13)16(12,17)18/h3-5,8,10,12-14H,6-7H2,1-2H3,(H,19,20). The molecule has 0 aliphatic heterocycles.